The molecule has 1 unspecified atom stereocenters. The van der Waals surface area contributed by atoms with E-state index in [0.717, 1.165) is 24.0 Å². The first-order valence-electron chi connectivity index (χ1n) is 11.0. The summed E-state index contributed by atoms with van der Waals surface area (Å²) in [4.78, 5) is 29.6. The fourth-order valence-electron chi connectivity index (χ4n) is 4.10. The number of nitrogens with zero attached hydrogens (tertiary/aromatic N) is 2. The molecule has 2 aromatic rings. The molecule has 172 valence electrons. The molecule has 0 bridgehead atoms. The lowest BCUT2D eigenvalue weighted by Gasteiger charge is -2.35. The molecule has 1 atom stereocenters. The van der Waals surface area contributed by atoms with E-state index in [1.54, 1.807) is 31.3 Å². The standard InChI is InChI=1S/C25H31FN2O4/c1-4-27(16-19-9-12-22(31-2)23(14-19)32-3)25(30)20-6-5-13-28(17-20)24(29)15-18-7-10-21(26)11-8-18/h7-12,14,20H,4-6,13,15-17H2,1-3H3. The largest absolute Gasteiger partial charge is 0.493 e. The summed E-state index contributed by atoms with van der Waals surface area (Å²) in [6.07, 6.45) is 1.77. The Bertz CT molecular complexity index is 932. The van der Waals surface area contributed by atoms with Crippen LogP contribution in [-0.4, -0.2) is 55.5 Å². The second-order valence-electron chi connectivity index (χ2n) is 8.02. The van der Waals surface area contributed by atoms with Gasteiger partial charge in [0.25, 0.3) is 0 Å². The number of piperidine rings is 1. The molecule has 1 aliphatic rings. The summed E-state index contributed by atoms with van der Waals surface area (Å²) in [5.41, 5.74) is 1.73. The topological polar surface area (TPSA) is 59.1 Å². The summed E-state index contributed by atoms with van der Waals surface area (Å²) in [5.74, 6) is 0.760. The lowest BCUT2D eigenvalue weighted by molar-refractivity contribution is -0.141. The molecule has 2 amide bonds. The maximum absolute atomic E-state index is 13.3. The van der Waals surface area contributed by atoms with E-state index in [1.165, 1.54) is 12.1 Å². The van der Waals surface area contributed by atoms with E-state index in [1.807, 2.05) is 30.0 Å². The molecule has 0 spiro atoms. The average Bonchev–Trinajstić information content (AvgIpc) is 2.83. The van der Waals surface area contributed by atoms with Crippen LogP contribution in [0.15, 0.2) is 42.5 Å². The van der Waals surface area contributed by atoms with E-state index in [0.29, 0.717) is 37.7 Å². The summed E-state index contributed by atoms with van der Waals surface area (Å²) in [7, 11) is 3.18. The minimum absolute atomic E-state index is 0.0305. The van der Waals surface area contributed by atoms with Crippen LogP contribution in [0.2, 0.25) is 0 Å². The summed E-state index contributed by atoms with van der Waals surface area (Å²) < 4.78 is 23.8. The van der Waals surface area contributed by atoms with Crippen molar-refractivity contribution in [1.29, 1.82) is 0 Å². The number of rotatable bonds is 8. The van der Waals surface area contributed by atoms with Gasteiger partial charge in [0.05, 0.1) is 26.6 Å². The Morgan fingerprint density at radius 2 is 1.75 bits per heavy atom. The van der Waals surface area contributed by atoms with Crippen LogP contribution in [0.3, 0.4) is 0 Å². The molecule has 1 saturated heterocycles. The van der Waals surface area contributed by atoms with Crippen molar-refractivity contribution in [3.05, 3.63) is 59.4 Å². The highest BCUT2D eigenvalue weighted by Crippen LogP contribution is 2.28. The molecular weight excluding hydrogens is 411 g/mol. The Balaban J connectivity index is 1.63. The predicted octanol–water partition coefficient (Wildman–Crippen LogP) is 3.67. The molecule has 0 saturated carbocycles. The van der Waals surface area contributed by atoms with Crippen molar-refractivity contribution in [2.75, 3.05) is 33.9 Å². The maximum Gasteiger partial charge on any atom is 0.227 e. The van der Waals surface area contributed by atoms with Crippen molar-refractivity contribution >= 4 is 11.8 Å². The molecule has 0 aliphatic carbocycles. The van der Waals surface area contributed by atoms with E-state index in [4.69, 9.17) is 9.47 Å². The molecule has 0 radical (unpaired) electrons. The van der Waals surface area contributed by atoms with Crippen molar-refractivity contribution in [2.24, 2.45) is 5.92 Å². The smallest absolute Gasteiger partial charge is 0.227 e. The normalized spacial score (nSPS) is 15.9. The van der Waals surface area contributed by atoms with Gasteiger partial charge in [-0.05, 0) is 55.2 Å². The van der Waals surface area contributed by atoms with Gasteiger partial charge in [0.1, 0.15) is 5.82 Å². The minimum Gasteiger partial charge on any atom is -0.493 e. The van der Waals surface area contributed by atoms with Gasteiger partial charge in [-0.1, -0.05) is 18.2 Å². The second-order valence-corrected chi connectivity index (χ2v) is 8.02. The highest BCUT2D eigenvalue weighted by Gasteiger charge is 2.31. The minimum atomic E-state index is -0.320. The number of ether oxygens (including phenoxy) is 2. The van der Waals surface area contributed by atoms with Crippen molar-refractivity contribution in [3.63, 3.8) is 0 Å². The zero-order valence-corrected chi connectivity index (χ0v) is 19.0. The van der Waals surface area contributed by atoms with E-state index in [9.17, 15) is 14.0 Å². The molecule has 1 fully saturated rings. The van der Waals surface area contributed by atoms with Crippen LogP contribution in [0.4, 0.5) is 4.39 Å². The monoisotopic (exact) mass is 442 g/mol. The molecule has 3 rings (SSSR count). The SMILES string of the molecule is CCN(Cc1ccc(OC)c(OC)c1)C(=O)C1CCCN(C(=O)Cc2ccc(F)cc2)C1. The van der Waals surface area contributed by atoms with Gasteiger partial charge in [-0.25, -0.2) is 4.39 Å². The Morgan fingerprint density at radius 1 is 1.06 bits per heavy atom. The Hall–Kier alpha value is -3.09. The number of likely N-dealkylation sites (tertiary alicyclic amines) is 1. The van der Waals surface area contributed by atoms with Crippen LogP contribution in [0.25, 0.3) is 0 Å². The second kappa shape index (κ2) is 11.0. The van der Waals surface area contributed by atoms with Gasteiger partial charge in [-0.3, -0.25) is 9.59 Å². The lowest BCUT2D eigenvalue weighted by Crippen LogP contribution is -2.47. The number of halogens is 1. The summed E-state index contributed by atoms with van der Waals surface area (Å²) in [6, 6.07) is 11.6. The van der Waals surface area contributed by atoms with Crippen LogP contribution >= 0.6 is 0 Å². The number of hydrogen-bond donors (Lipinski definition) is 0. The van der Waals surface area contributed by atoms with Crippen LogP contribution in [0, 0.1) is 11.7 Å². The Morgan fingerprint density at radius 3 is 2.41 bits per heavy atom. The van der Waals surface area contributed by atoms with Gasteiger partial charge in [0, 0.05) is 26.2 Å². The van der Waals surface area contributed by atoms with Gasteiger partial charge in [0.15, 0.2) is 11.5 Å². The fourth-order valence-corrected chi connectivity index (χ4v) is 4.10. The van der Waals surface area contributed by atoms with Crippen LogP contribution < -0.4 is 9.47 Å². The first-order chi connectivity index (χ1) is 15.4. The van der Waals surface area contributed by atoms with Gasteiger partial charge in [-0.15, -0.1) is 0 Å². The van der Waals surface area contributed by atoms with Gasteiger partial charge in [-0.2, -0.15) is 0 Å². The first kappa shape index (κ1) is 23.6. The summed E-state index contributed by atoms with van der Waals surface area (Å²) in [6.45, 7) is 4.06. The number of benzene rings is 2. The molecule has 0 N–H and O–H groups in total. The van der Waals surface area contributed by atoms with E-state index >= 15 is 0 Å². The Kier molecular flexibility index (Phi) is 8.09. The van der Waals surface area contributed by atoms with Crippen LogP contribution in [0.1, 0.15) is 30.9 Å². The summed E-state index contributed by atoms with van der Waals surface area (Å²) in [5, 5.41) is 0. The lowest BCUT2D eigenvalue weighted by atomic mass is 9.95. The van der Waals surface area contributed by atoms with E-state index < -0.39 is 0 Å². The van der Waals surface area contributed by atoms with Crippen LogP contribution in [-0.2, 0) is 22.6 Å². The number of methoxy groups -OCH3 is 2. The van der Waals surface area contributed by atoms with Crippen LogP contribution in [0.5, 0.6) is 11.5 Å². The van der Waals surface area contributed by atoms with Gasteiger partial charge in [0.2, 0.25) is 11.8 Å². The zero-order chi connectivity index (χ0) is 23.1. The number of carbonyl (C=O) groups is 2. The zero-order valence-electron chi connectivity index (χ0n) is 19.0. The summed E-state index contributed by atoms with van der Waals surface area (Å²) >= 11 is 0. The molecule has 0 aromatic heterocycles. The predicted molar refractivity (Wildman–Crippen MR) is 120 cm³/mol. The number of hydrogen-bond acceptors (Lipinski definition) is 4. The van der Waals surface area contributed by atoms with Crippen molar-refractivity contribution in [2.45, 2.75) is 32.7 Å². The van der Waals surface area contributed by atoms with Crippen molar-refractivity contribution in [3.8, 4) is 11.5 Å². The van der Waals surface area contributed by atoms with Crippen molar-refractivity contribution < 1.29 is 23.5 Å². The maximum atomic E-state index is 13.3. The third kappa shape index (κ3) is 5.78. The average molecular weight is 443 g/mol. The molecule has 6 nitrogen and oxygen atoms in total. The highest BCUT2D eigenvalue weighted by atomic mass is 19.1. The molecule has 2 aromatic carbocycles. The highest BCUT2D eigenvalue weighted by molar-refractivity contribution is 5.82. The van der Waals surface area contributed by atoms with E-state index in [2.05, 4.69) is 0 Å². The fraction of sp³-hybridized carbons (Fsp3) is 0.440. The van der Waals surface area contributed by atoms with Gasteiger partial charge >= 0.3 is 0 Å². The molecule has 1 aliphatic heterocycles. The number of carbonyl (C=O) groups excluding carboxylic acids is 2. The van der Waals surface area contributed by atoms with E-state index in [-0.39, 0.29) is 30.0 Å². The number of amides is 2. The third-order valence-electron chi connectivity index (χ3n) is 5.91. The molecular formula is C25H31FN2O4. The Labute approximate surface area is 188 Å². The van der Waals surface area contributed by atoms with Gasteiger partial charge < -0.3 is 19.3 Å². The molecule has 32 heavy (non-hydrogen) atoms. The third-order valence-corrected chi connectivity index (χ3v) is 5.91. The molecule has 7 heteroatoms. The molecule has 1 heterocycles. The quantitative estimate of drug-likeness (QED) is 0.626. The van der Waals surface area contributed by atoms with Crippen molar-refractivity contribution in [1.82, 2.24) is 9.80 Å². The first-order valence-corrected chi connectivity index (χ1v) is 11.0.